The number of carbonyl (C=O) groups is 2. The Kier molecular flexibility index (Phi) is 5.48. The van der Waals surface area contributed by atoms with E-state index < -0.39 is 20.9 Å². The Morgan fingerprint density at radius 3 is 2.83 bits per heavy atom. The SMILES string of the molecule is COC(=O)c1cnc(SC)nc1N1CC(CS(=O)(=O)Cl)CC1=O. The summed E-state index contributed by atoms with van der Waals surface area (Å²) in [7, 11) is 2.74. The van der Waals surface area contributed by atoms with Crippen LogP contribution < -0.4 is 4.90 Å². The number of hydrogen-bond acceptors (Lipinski definition) is 8. The predicted molar refractivity (Wildman–Crippen MR) is 85.3 cm³/mol. The largest absolute Gasteiger partial charge is 0.465 e. The van der Waals surface area contributed by atoms with E-state index in [2.05, 4.69) is 14.7 Å². The van der Waals surface area contributed by atoms with Crippen LogP contribution in [0.3, 0.4) is 0 Å². The summed E-state index contributed by atoms with van der Waals surface area (Å²) in [5, 5.41) is 0.383. The summed E-state index contributed by atoms with van der Waals surface area (Å²) < 4.78 is 27.1. The van der Waals surface area contributed by atoms with E-state index in [1.807, 2.05) is 0 Å². The van der Waals surface area contributed by atoms with Crippen LogP contribution in [-0.2, 0) is 18.6 Å². The maximum Gasteiger partial charge on any atom is 0.343 e. The van der Waals surface area contributed by atoms with Crippen molar-refractivity contribution in [2.75, 3.05) is 30.6 Å². The minimum Gasteiger partial charge on any atom is -0.465 e. The quantitative estimate of drug-likeness (QED) is 0.321. The highest BCUT2D eigenvalue weighted by atomic mass is 35.7. The summed E-state index contributed by atoms with van der Waals surface area (Å²) >= 11 is 1.25. The molecule has 23 heavy (non-hydrogen) atoms. The third-order valence-electron chi connectivity index (χ3n) is 3.23. The highest BCUT2D eigenvalue weighted by molar-refractivity contribution is 8.13. The first kappa shape index (κ1) is 18.0. The Morgan fingerprint density at radius 1 is 1.57 bits per heavy atom. The normalized spacial score (nSPS) is 18.3. The smallest absolute Gasteiger partial charge is 0.343 e. The van der Waals surface area contributed by atoms with E-state index in [1.165, 1.54) is 30.0 Å². The molecule has 0 spiro atoms. The highest BCUT2D eigenvalue weighted by Gasteiger charge is 2.36. The van der Waals surface area contributed by atoms with Gasteiger partial charge in [-0.2, -0.15) is 0 Å². The highest BCUT2D eigenvalue weighted by Crippen LogP contribution is 2.29. The zero-order chi connectivity index (χ0) is 17.2. The summed E-state index contributed by atoms with van der Waals surface area (Å²) in [6, 6.07) is 0. The van der Waals surface area contributed by atoms with E-state index in [9.17, 15) is 18.0 Å². The first-order valence-electron chi connectivity index (χ1n) is 6.47. The molecule has 11 heteroatoms. The van der Waals surface area contributed by atoms with Crippen molar-refractivity contribution >= 4 is 49.2 Å². The molecule has 1 aromatic rings. The average Bonchev–Trinajstić information content (AvgIpc) is 2.84. The number of esters is 1. The lowest BCUT2D eigenvalue weighted by molar-refractivity contribution is -0.117. The molecule has 1 saturated heterocycles. The van der Waals surface area contributed by atoms with E-state index in [0.29, 0.717) is 5.16 Å². The number of hydrogen-bond donors (Lipinski definition) is 0. The number of carbonyl (C=O) groups excluding carboxylic acids is 2. The summed E-state index contributed by atoms with van der Waals surface area (Å²) in [6.45, 7) is 0.111. The standard InChI is InChI=1S/C12H14ClN3O5S2/c1-21-11(18)8-4-14-12(22-2)15-10(8)16-5-7(3-9(16)17)6-23(13,19)20/h4,7H,3,5-6H2,1-2H3. The number of aromatic nitrogens is 2. The molecule has 1 fully saturated rings. The summed E-state index contributed by atoms with van der Waals surface area (Å²) in [5.41, 5.74) is 0.0491. The van der Waals surface area contributed by atoms with Crippen molar-refractivity contribution in [1.82, 2.24) is 9.97 Å². The molecule has 0 radical (unpaired) electrons. The fourth-order valence-electron chi connectivity index (χ4n) is 2.29. The second-order valence-electron chi connectivity index (χ2n) is 4.87. The Hall–Kier alpha value is -1.39. The van der Waals surface area contributed by atoms with Crippen molar-refractivity contribution in [3.63, 3.8) is 0 Å². The van der Waals surface area contributed by atoms with Crippen molar-refractivity contribution in [3.8, 4) is 0 Å². The van der Waals surface area contributed by atoms with Crippen molar-refractivity contribution in [3.05, 3.63) is 11.8 Å². The van der Waals surface area contributed by atoms with Gasteiger partial charge in [0.05, 0.1) is 12.9 Å². The van der Waals surface area contributed by atoms with Gasteiger partial charge in [0.15, 0.2) is 11.0 Å². The molecule has 2 rings (SSSR count). The molecule has 0 aromatic carbocycles. The molecule has 1 unspecified atom stereocenters. The number of thioether (sulfide) groups is 1. The van der Waals surface area contributed by atoms with Gasteiger partial charge < -0.3 is 4.74 Å². The number of methoxy groups -OCH3 is 1. The summed E-state index contributed by atoms with van der Waals surface area (Å²) in [4.78, 5) is 33.5. The molecule has 0 aliphatic carbocycles. The molecule has 0 bridgehead atoms. The average molecular weight is 380 g/mol. The van der Waals surface area contributed by atoms with E-state index in [4.69, 9.17) is 10.7 Å². The van der Waals surface area contributed by atoms with Crippen LogP contribution in [0.1, 0.15) is 16.8 Å². The first-order chi connectivity index (χ1) is 10.7. The Balaban J connectivity index is 2.36. The molecule has 1 aliphatic rings. The van der Waals surface area contributed by atoms with Crippen LogP contribution in [0, 0.1) is 5.92 Å². The van der Waals surface area contributed by atoms with Crippen molar-refractivity contribution in [1.29, 1.82) is 0 Å². The summed E-state index contributed by atoms with van der Waals surface area (Å²) in [5.74, 6) is -1.65. The van der Waals surface area contributed by atoms with E-state index >= 15 is 0 Å². The van der Waals surface area contributed by atoms with Crippen LogP contribution in [0.2, 0.25) is 0 Å². The topological polar surface area (TPSA) is 107 Å². The van der Waals surface area contributed by atoms with Crippen LogP contribution in [-0.4, -0.2) is 55.9 Å². The van der Waals surface area contributed by atoms with E-state index in [1.54, 1.807) is 6.26 Å². The van der Waals surface area contributed by atoms with Gasteiger partial charge in [-0.25, -0.2) is 23.2 Å². The molecule has 0 N–H and O–H groups in total. The predicted octanol–water partition coefficient (Wildman–Crippen LogP) is 0.907. The van der Waals surface area contributed by atoms with Crippen LogP contribution in [0.15, 0.2) is 11.4 Å². The molecule has 1 amide bonds. The number of nitrogens with zero attached hydrogens (tertiary/aromatic N) is 3. The zero-order valence-corrected chi connectivity index (χ0v) is 14.7. The van der Waals surface area contributed by atoms with Gasteiger partial charge in [0.25, 0.3) is 0 Å². The number of ether oxygens (including phenoxy) is 1. The fraction of sp³-hybridized carbons (Fsp3) is 0.500. The third-order valence-corrected chi connectivity index (χ3v) is 5.04. The monoisotopic (exact) mass is 379 g/mol. The number of halogens is 1. The second-order valence-corrected chi connectivity index (χ2v) is 8.46. The zero-order valence-electron chi connectivity index (χ0n) is 12.4. The molecule has 2 heterocycles. The van der Waals surface area contributed by atoms with Crippen molar-refractivity contribution in [2.45, 2.75) is 11.6 Å². The van der Waals surface area contributed by atoms with Crippen LogP contribution in [0.5, 0.6) is 0 Å². The van der Waals surface area contributed by atoms with Gasteiger partial charge in [0.1, 0.15) is 5.56 Å². The lowest BCUT2D eigenvalue weighted by Gasteiger charge is -2.18. The van der Waals surface area contributed by atoms with Crippen molar-refractivity contribution < 1.29 is 22.7 Å². The Morgan fingerprint density at radius 2 is 2.26 bits per heavy atom. The number of anilines is 1. The molecule has 1 atom stereocenters. The first-order valence-corrected chi connectivity index (χ1v) is 10.2. The summed E-state index contributed by atoms with van der Waals surface area (Å²) in [6.07, 6.45) is 3.07. The van der Waals surface area contributed by atoms with Crippen LogP contribution in [0.25, 0.3) is 0 Å². The maximum atomic E-state index is 12.2. The molecule has 8 nitrogen and oxygen atoms in total. The number of amides is 1. The Labute approximate surface area is 142 Å². The fourth-order valence-corrected chi connectivity index (χ4v) is 3.95. The van der Waals surface area contributed by atoms with Crippen LogP contribution in [0.4, 0.5) is 5.82 Å². The molecule has 126 valence electrons. The van der Waals surface area contributed by atoms with Gasteiger partial charge in [-0.15, -0.1) is 0 Å². The van der Waals surface area contributed by atoms with Crippen LogP contribution >= 0.6 is 22.4 Å². The van der Waals surface area contributed by atoms with Gasteiger partial charge in [0, 0.05) is 35.8 Å². The van der Waals surface area contributed by atoms with Gasteiger partial charge >= 0.3 is 5.97 Å². The minimum atomic E-state index is -3.72. The maximum absolute atomic E-state index is 12.2. The molecule has 0 saturated carbocycles. The molecular formula is C12H14ClN3O5S2. The molecular weight excluding hydrogens is 366 g/mol. The van der Waals surface area contributed by atoms with Gasteiger partial charge in [-0.1, -0.05) is 11.8 Å². The Bertz CT molecular complexity index is 740. The van der Waals surface area contributed by atoms with Gasteiger partial charge in [0.2, 0.25) is 15.0 Å². The third kappa shape index (κ3) is 4.33. The molecule has 1 aliphatic heterocycles. The lowest BCUT2D eigenvalue weighted by Crippen LogP contribution is -2.29. The van der Waals surface area contributed by atoms with Gasteiger partial charge in [-0.3, -0.25) is 9.69 Å². The lowest BCUT2D eigenvalue weighted by atomic mass is 10.1. The minimum absolute atomic E-state index is 0.0190. The van der Waals surface area contributed by atoms with E-state index in [0.717, 1.165) is 0 Å². The molecule has 1 aromatic heterocycles. The second kappa shape index (κ2) is 7.02. The van der Waals surface area contributed by atoms with Gasteiger partial charge in [-0.05, 0) is 6.26 Å². The van der Waals surface area contributed by atoms with E-state index in [-0.39, 0.29) is 36.0 Å². The number of rotatable bonds is 5. The van der Waals surface area contributed by atoms with Crippen molar-refractivity contribution in [2.24, 2.45) is 5.92 Å².